The Hall–Kier alpha value is -3.94. The van der Waals surface area contributed by atoms with E-state index in [1.165, 1.54) is 5.56 Å². The van der Waals surface area contributed by atoms with Gasteiger partial charge >= 0.3 is 0 Å². The molecule has 0 aliphatic rings. The van der Waals surface area contributed by atoms with Crippen LogP contribution in [0.15, 0.2) is 97.2 Å². The van der Waals surface area contributed by atoms with Crippen molar-refractivity contribution in [3.63, 3.8) is 0 Å². The minimum absolute atomic E-state index is 0.243. The minimum atomic E-state index is -0.539. The van der Waals surface area contributed by atoms with Crippen molar-refractivity contribution in [1.29, 1.82) is 0 Å². The van der Waals surface area contributed by atoms with E-state index >= 15 is 0 Å². The summed E-state index contributed by atoms with van der Waals surface area (Å²) < 4.78 is 5.69. The predicted molar refractivity (Wildman–Crippen MR) is 141 cm³/mol. The molecule has 0 spiro atoms. The molecule has 2 N–H and O–H groups in total. The largest absolute Gasteiger partial charge is 0.491 e. The molecule has 0 fully saturated rings. The second kappa shape index (κ2) is 12.0. The zero-order valence-corrected chi connectivity index (χ0v) is 20.1. The Morgan fingerprint density at radius 2 is 1.57 bits per heavy atom. The maximum absolute atomic E-state index is 9.98. The molecule has 0 radical (unpaired) electrons. The fourth-order valence-corrected chi connectivity index (χ4v) is 3.67. The average Bonchev–Trinajstić information content (AvgIpc) is 2.88. The number of nitrogens with one attached hydrogen (secondary N) is 1. The van der Waals surface area contributed by atoms with Gasteiger partial charge in [-0.25, -0.2) is 4.98 Å². The summed E-state index contributed by atoms with van der Waals surface area (Å²) in [5, 5.41) is 13.2. The number of para-hydroxylation sites is 1. The van der Waals surface area contributed by atoms with Crippen LogP contribution in [0.4, 0.5) is 23.1 Å². The first-order valence-electron chi connectivity index (χ1n) is 11.6. The number of hydrogen-bond donors (Lipinski definition) is 2. The van der Waals surface area contributed by atoms with Gasteiger partial charge in [-0.2, -0.15) is 4.98 Å². The van der Waals surface area contributed by atoms with Gasteiger partial charge in [0, 0.05) is 30.7 Å². The highest BCUT2D eigenvalue weighted by atomic mass is 16.5. The highest BCUT2D eigenvalue weighted by molar-refractivity contribution is 5.62. The number of benzene rings is 3. The highest BCUT2D eigenvalue weighted by Crippen LogP contribution is 2.27. The van der Waals surface area contributed by atoms with E-state index in [2.05, 4.69) is 39.5 Å². The van der Waals surface area contributed by atoms with Crippen LogP contribution in [0.1, 0.15) is 5.56 Å². The van der Waals surface area contributed by atoms with Crippen molar-refractivity contribution < 1.29 is 9.84 Å². The van der Waals surface area contributed by atoms with Crippen molar-refractivity contribution in [2.75, 3.05) is 37.5 Å². The maximum Gasteiger partial charge on any atom is 0.229 e. The number of rotatable bonds is 11. The van der Waals surface area contributed by atoms with Gasteiger partial charge in [0.25, 0.3) is 0 Å². The Labute approximate surface area is 206 Å². The van der Waals surface area contributed by atoms with Crippen LogP contribution in [0.2, 0.25) is 0 Å². The normalized spacial score (nSPS) is 11.8. The Morgan fingerprint density at radius 1 is 0.886 bits per heavy atom. The van der Waals surface area contributed by atoms with E-state index in [4.69, 9.17) is 9.72 Å². The molecule has 1 unspecified atom stereocenters. The van der Waals surface area contributed by atoms with Gasteiger partial charge in [0.15, 0.2) is 0 Å². The fourth-order valence-electron chi connectivity index (χ4n) is 3.67. The summed E-state index contributed by atoms with van der Waals surface area (Å²) in [6.07, 6.45) is 1.22. The smallest absolute Gasteiger partial charge is 0.229 e. The van der Waals surface area contributed by atoms with Crippen molar-refractivity contribution in [1.82, 2.24) is 14.9 Å². The number of likely N-dealkylation sites (N-methyl/N-ethyl adjacent to an activating group) is 1. The summed E-state index contributed by atoms with van der Waals surface area (Å²) in [7, 11) is 3.84. The SMILES string of the molecule is CN(C)CC(O)COc1ccc(Nc2nccc(N(Cc3ccccc3)c3ccccc3)n2)cc1. The second-order valence-corrected chi connectivity index (χ2v) is 8.52. The molecule has 0 aliphatic carbocycles. The first-order chi connectivity index (χ1) is 17.1. The number of aliphatic hydroxyl groups is 1. The van der Waals surface area contributed by atoms with E-state index in [9.17, 15) is 5.11 Å². The van der Waals surface area contributed by atoms with Crippen molar-refractivity contribution in [2.24, 2.45) is 0 Å². The Kier molecular flexibility index (Phi) is 8.27. The van der Waals surface area contributed by atoms with Crippen LogP contribution in [-0.2, 0) is 6.54 Å². The molecule has 7 heteroatoms. The Bertz CT molecular complexity index is 1170. The van der Waals surface area contributed by atoms with Crippen LogP contribution in [0.3, 0.4) is 0 Å². The predicted octanol–water partition coefficient (Wildman–Crippen LogP) is 4.86. The standard InChI is InChI=1S/C28H31N5O2/c1-32(2)20-25(34)21-35-26-15-13-23(14-16-26)30-28-29-18-17-27(31-28)33(24-11-7-4-8-12-24)19-22-9-5-3-6-10-22/h3-18,25,34H,19-21H2,1-2H3,(H,29,30,31). The van der Waals surface area contributed by atoms with Crippen molar-refractivity contribution in [3.05, 3.63) is 103 Å². The van der Waals surface area contributed by atoms with Crippen LogP contribution in [0, 0.1) is 0 Å². The topological polar surface area (TPSA) is 73.8 Å². The molecule has 7 nitrogen and oxygen atoms in total. The number of nitrogens with zero attached hydrogens (tertiary/aromatic N) is 4. The summed E-state index contributed by atoms with van der Waals surface area (Å²) in [5.41, 5.74) is 3.09. The highest BCUT2D eigenvalue weighted by Gasteiger charge is 2.13. The average molecular weight is 470 g/mol. The third kappa shape index (κ3) is 7.27. The lowest BCUT2D eigenvalue weighted by Gasteiger charge is -2.24. The van der Waals surface area contributed by atoms with Crippen molar-refractivity contribution in [2.45, 2.75) is 12.6 Å². The molecule has 1 atom stereocenters. The van der Waals surface area contributed by atoms with Crippen LogP contribution < -0.4 is 15.0 Å². The molecule has 4 rings (SSSR count). The number of anilines is 4. The second-order valence-electron chi connectivity index (χ2n) is 8.52. The summed E-state index contributed by atoms with van der Waals surface area (Å²) in [6, 6.07) is 30.0. The Balaban J connectivity index is 1.46. The van der Waals surface area contributed by atoms with E-state index in [0.29, 0.717) is 24.8 Å². The quantitative estimate of drug-likeness (QED) is 0.325. The zero-order chi connectivity index (χ0) is 24.5. The van der Waals surface area contributed by atoms with Gasteiger partial charge in [-0.05, 0) is 62.1 Å². The van der Waals surface area contributed by atoms with E-state index in [-0.39, 0.29) is 6.61 Å². The van der Waals surface area contributed by atoms with E-state index in [1.54, 1.807) is 6.20 Å². The molecule has 35 heavy (non-hydrogen) atoms. The molecule has 3 aromatic carbocycles. The number of hydrogen-bond acceptors (Lipinski definition) is 7. The lowest BCUT2D eigenvalue weighted by molar-refractivity contribution is 0.0831. The van der Waals surface area contributed by atoms with Gasteiger partial charge in [-0.3, -0.25) is 0 Å². The van der Waals surface area contributed by atoms with Gasteiger partial charge in [-0.15, -0.1) is 0 Å². The van der Waals surface area contributed by atoms with E-state index < -0.39 is 6.10 Å². The van der Waals surface area contributed by atoms with Gasteiger partial charge in [0.1, 0.15) is 24.3 Å². The fraction of sp³-hybridized carbons (Fsp3) is 0.214. The number of aromatic nitrogens is 2. The molecule has 0 aliphatic heterocycles. The summed E-state index contributed by atoms with van der Waals surface area (Å²) >= 11 is 0. The van der Waals surface area contributed by atoms with Gasteiger partial charge in [0.05, 0.1) is 0 Å². The molecular weight excluding hydrogens is 438 g/mol. The third-order valence-electron chi connectivity index (χ3n) is 5.30. The van der Waals surface area contributed by atoms with Crippen LogP contribution in [0.25, 0.3) is 0 Å². The van der Waals surface area contributed by atoms with Crippen LogP contribution in [0.5, 0.6) is 5.75 Å². The lowest BCUT2D eigenvalue weighted by Crippen LogP contribution is -2.30. The number of aliphatic hydroxyl groups excluding tert-OH is 1. The summed E-state index contributed by atoms with van der Waals surface area (Å²) in [6.45, 7) is 1.48. The minimum Gasteiger partial charge on any atom is -0.491 e. The first kappa shape index (κ1) is 24.2. The summed E-state index contributed by atoms with van der Waals surface area (Å²) in [4.78, 5) is 13.3. The molecular formula is C28H31N5O2. The molecule has 0 bridgehead atoms. The van der Waals surface area contributed by atoms with Crippen molar-refractivity contribution >= 4 is 23.1 Å². The third-order valence-corrected chi connectivity index (χ3v) is 5.30. The van der Waals surface area contributed by atoms with Crippen LogP contribution in [-0.4, -0.2) is 53.3 Å². The van der Waals surface area contributed by atoms with Gasteiger partial charge < -0.3 is 25.0 Å². The molecule has 0 saturated carbocycles. The zero-order valence-electron chi connectivity index (χ0n) is 20.1. The number of ether oxygens (including phenoxy) is 1. The van der Waals surface area contributed by atoms with E-state index in [0.717, 1.165) is 17.2 Å². The first-order valence-corrected chi connectivity index (χ1v) is 11.6. The monoisotopic (exact) mass is 469 g/mol. The molecule has 0 amide bonds. The maximum atomic E-state index is 9.98. The van der Waals surface area contributed by atoms with E-state index in [1.807, 2.05) is 85.7 Å². The van der Waals surface area contributed by atoms with Crippen molar-refractivity contribution in [3.8, 4) is 5.75 Å². The Morgan fingerprint density at radius 3 is 2.26 bits per heavy atom. The van der Waals surface area contributed by atoms with Gasteiger partial charge in [0.2, 0.25) is 5.95 Å². The molecule has 1 aromatic heterocycles. The molecule has 4 aromatic rings. The molecule has 0 saturated heterocycles. The van der Waals surface area contributed by atoms with Crippen LogP contribution >= 0.6 is 0 Å². The molecule has 1 heterocycles. The lowest BCUT2D eigenvalue weighted by atomic mass is 10.2. The summed E-state index contributed by atoms with van der Waals surface area (Å²) in [5.74, 6) is 2.00. The molecule has 180 valence electrons. The van der Waals surface area contributed by atoms with Gasteiger partial charge in [-0.1, -0.05) is 48.5 Å².